The second-order valence-electron chi connectivity index (χ2n) is 2.27. The lowest BCUT2D eigenvalue weighted by Crippen LogP contribution is -2.05. The molecule has 1 aliphatic heterocycles. The minimum atomic E-state index is -1.07. The highest BCUT2D eigenvalue weighted by atomic mass is 16.8. The summed E-state index contributed by atoms with van der Waals surface area (Å²) < 4.78 is 9.77. The molecule has 1 heterocycles. The molecule has 1 N–H and O–H groups in total. The molecule has 10 heavy (non-hydrogen) atoms. The van der Waals surface area contributed by atoms with Crippen LogP contribution in [-0.2, 0) is 9.47 Å². The van der Waals surface area contributed by atoms with Crippen LogP contribution in [0.3, 0.4) is 0 Å². The molecule has 1 rings (SSSR count). The van der Waals surface area contributed by atoms with Gasteiger partial charge in [0.2, 0.25) is 0 Å². The van der Waals surface area contributed by atoms with Crippen LogP contribution in [0.2, 0.25) is 0 Å². The molecule has 0 amide bonds. The smallest absolute Gasteiger partial charge is 0.357 e. The van der Waals surface area contributed by atoms with Gasteiger partial charge in [-0.05, 0) is 13.3 Å². The van der Waals surface area contributed by atoms with Crippen LogP contribution in [0.4, 0.5) is 0 Å². The fraction of sp³-hybridized carbons (Fsp3) is 0.714. The predicted octanol–water partition coefficient (Wildman–Crippen LogP) is 1.34. The first kappa shape index (κ1) is 7.41. The van der Waals surface area contributed by atoms with Gasteiger partial charge in [-0.25, -0.2) is 0 Å². The van der Waals surface area contributed by atoms with Gasteiger partial charge in [0.05, 0.1) is 0 Å². The first-order valence-corrected chi connectivity index (χ1v) is 3.45. The second-order valence-corrected chi connectivity index (χ2v) is 2.27. The average molecular weight is 144 g/mol. The second kappa shape index (κ2) is 2.92. The van der Waals surface area contributed by atoms with Crippen LogP contribution >= 0.6 is 0 Å². The summed E-state index contributed by atoms with van der Waals surface area (Å²) in [5.74, 6) is 1.48. The van der Waals surface area contributed by atoms with Crippen molar-refractivity contribution < 1.29 is 14.6 Å². The summed E-state index contributed by atoms with van der Waals surface area (Å²) in [6.45, 7) is 2.77. The monoisotopic (exact) mass is 144 g/mol. The Balaban J connectivity index is 2.49. The van der Waals surface area contributed by atoms with E-state index in [1.54, 1.807) is 6.92 Å². The van der Waals surface area contributed by atoms with Gasteiger partial charge in [0, 0.05) is 6.42 Å². The molecule has 3 heteroatoms. The summed E-state index contributed by atoms with van der Waals surface area (Å²) in [6.07, 6.45) is 1.84. The van der Waals surface area contributed by atoms with E-state index in [1.165, 1.54) is 0 Å². The Morgan fingerprint density at radius 1 is 1.50 bits per heavy atom. The third-order valence-electron chi connectivity index (χ3n) is 1.39. The minimum Gasteiger partial charge on any atom is -0.434 e. The van der Waals surface area contributed by atoms with Gasteiger partial charge in [-0.1, -0.05) is 6.92 Å². The highest BCUT2D eigenvalue weighted by Crippen LogP contribution is 2.23. The van der Waals surface area contributed by atoms with Crippen LogP contribution in [-0.4, -0.2) is 11.6 Å². The number of aliphatic hydroxyl groups excluding tert-OH is 1. The zero-order valence-corrected chi connectivity index (χ0v) is 6.26. The molecule has 0 saturated carbocycles. The summed E-state index contributed by atoms with van der Waals surface area (Å²) in [5.41, 5.74) is 0. The van der Waals surface area contributed by atoms with Crippen molar-refractivity contribution >= 4 is 0 Å². The zero-order valence-electron chi connectivity index (χ0n) is 6.26. The zero-order chi connectivity index (χ0) is 7.56. The molecule has 0 spiro atoms. The van der Waals surface area contributed by atoms with Crippen LogP contribution in [0, 0.1) is 0 Å². The third-order valence-corrected chi connectivity index (χ3v) is 1.39. The van der Waals surface area contributed by atoms with Crippen molar-refractivity contribution in [1.29, 1.82) is 0 Å². The van der Waals surface area contributed by atoms with E-state index in [-0.39, 0.29) is 0 Å². The quantitative estimate of drug-likeness (QED) is 0.635. The maximum Gasteiger partial charge on any atom is 0.357 e. The Hall–Kier alpha value is -0.700. The van der Waals surface area contributed by atoms with Crippen LogP contribution in [0.15, 0.2) is 11.5 Å². The molecule has 1 aliphatic rings. The van der Waals surface area contributed by atoms with Crippen molar-refractivity contribution in [3.63, 3.8) is 0 Å². The lowest BCUT2D eigenvalue weighted by Gasteiger charge is -2.02. The number of aliphatic hydroxyl groups is 1. The fourth-order valence-corrected chi connectivity index (χ4v) is 0.908. The van der Waals surface area contributed by atoms with Gasteiger partial charge in [-0.15, -0.1) is 0 Å². The molecule has 0 bridgehead atoms. The van der Waals surface area contributed by atoms with Crippen molar-refractivity contribution in [3.8, 4) is 0 Å². The molecular formula is C7H12O3. The number of rotatable bonds is 2. The molecule has 1 unspecified atom stereocenters. The Morgan fingerprint density at radius 3 is 2.60 bits per heavy atom. The number of allylic oxidation sites excluding steroid dienone is 2. The van der Waals surface area contributed by atoms with Crippen LogP contribution in [0.25, 0.3) is 0 Å². The summed E-state index contributed by atoms with van der Waals surface area (Å²) in [4.78, 5) is 0. The molecule has 0 fully saturated rings. The maximum absolute atomic E-state index is 8.81. The highest BCUT2D eigenvalue weighted by molar-refractivity contribution is 5.01. The summed E-state index contributed by atoms with van der Waals surface area (Å²) in [6, 6.07) is 0. The highest BCUT2D eigenvalue weighted by Gasteiger charge is 2.20. The molecule has 3 nitrogen and oxygen atoms in total. The van der Waals surface area contributed by atoms with E-state index >= 15 is 0 Å². The third kappa shape index (κ3) is 1.42. The standard InChI is InChI=1S/C7H12O3/c1-3-4-6-5(2)9-7(8)10-6/h7-8H,3-4H2,1-2H3. The van der Waals surface area contributed by atoms with E-state index in [9.17, 15) is 0 Å². The van der Waals surface area contributed by atoms with E-state index in [4.69, 9.17) is 14.6 Å². The van der Waals surface area contributed by atoms with Gasteiger partial charge in [-0.2, -0.15) is 0 Å². The van der Waals surface area contributed by atoms with Crippen molar-refractivity contribution in [3.05, 3.63) is 11.5 Å². The van der Waals surface area contributed by atoms with Crippen LogP contribution < -0.4 is 0 Å². The van der Waals surface area contributed by atoms with E-state index in [0.717, 1.165) is 18.6 Å². The Kier molecular flexibility index (Phi) is 2.17. The van der Waals surface area contributed by atoms with Crippen LogP contribution in [0.1, 0.15) is 26.7 Å². The van der Waals surface area contributed by atoms with E-state index in [0.29, 0.717) is 5.76 Å². The average Bonchev–Trinajstić information content (AvgIpc) is 2.13. The van der Waals surface area contributed by atoms with Gasteiger partial charge in [-0.3, -0.25) is 0 Å². The number of hydrogen-bond acceptors (Lipinski definition) is 3. The van der Waals surface area contributed by atoms with Crippen molar-refractivity contribution in [1.82, 2.24) is 0 Å². The maximum atomic E-state index is 8.81. The SMILES string of the molecule is CCCC1=C(C)OC(O)O1. The first-order valence-electron chi connectivity index (χ1n) is 3.45. The lowest BCUT2D eigenvalue weighted by atomic mass is 10.3. The molecule has 0 aromatic rings. The molecule has 1 atom stereocenters. The van der Waals surface area contributed by atoms with Gasteiger partial charge >= 0.3 is 6.48 Å². The van der Waals surface area contributed by atoms with E-state index < -0.39 is 6.48 Å². The van der Waals surface area contributed by atoms with Crippen molar-refractivity contribution in [2.45, 2.75) is 33.2 Å². The topological polar surface area (TPSA) is 38.7 Å². The van der Waals surface area contributed by atoms with Gasteiger partial charge in [0.15, 0.2) is 0 Å². The number of hydrogen-bond donors (Lipinski definition) is 1. The van der Waals surface area contributed by atoms with E-state index in [2.05, 4.69) is 0 Å². The molecule has 0 aromatic heterocycles. The lowest BCUT2D eigenvalue weighted by molar-refractivity contribution is -0.193. The van der Waals surface area contributed by atoms with Gasteiger partial charge in [0.1, 0.15) is 11.5 Å². The largest absolute Gasteiger partial charge is 0.434 e. The summed E-state index contributed by atoms with van der Waals surface area (Å²) in [5, 5.41) is 8.81. The molecule has 0 aliphatic carbocycles. The Morgan fingerprint density at radius 2 is 2.20 bits per heavy atom. The van der Waals surface area contributed by atoms with E-state index in [1.807, 2.05) is 6.92 Å². The first-order chi connectivity index (χ1) is 4.74. The summed E-state index contributed by atoms with van der Waals surface area (Å²) in [7, 11) is 0. The minimum absolute atomic E-state index is 0.703. The van der Waals surface area contributed by atoms with Gasteiger partial charge < -0.3 is 14.6 Å². The molecule has 58 valence electrons. The van der Waals surface area contributed by atoms with Gasteiger partial charge in [0.25, 0.3) is 0 Å². The summed E-state index contributed by atoms with van der Waals surface area (Å²) >= 11 is 0. The fourth-order valence-electron chi connectivity index (χ4n) is 0.908. The molecule has 0 radical (unpaired) electrons. The predicted molar refractivity (Wildman–Crippen MR) is 35.8 cm³/mol. The molecule has 0 saturated heterocycles. The number of ether oxygens (including phenoxy) is 2. The molecular weight excluding hydrogens is 132 g/mol. The Bertz CT molecular complexity index is 151. The Labute approximate surface area is 60.3 Å². The van der Waals surface area contributed by atoms with Crippen molar-refractivity contribution in [2.24, 2.45) is 0 Å². The van der Waals surface area contributed by atoms with Crippen LogP contribution in [0.5, 0.6) is 0 Å². The molecule has 0 aromatic carbocycles. The normalized spacial score (nSPS) is 24.5. The van der Waals surface area contributed by atoms with Crippen molar-refractivity contribution in [2.75, 3.05) is 0 Å².